The van der Waals surface area contributed by atoms with Crippen LogP contribution in [0.4, 0.5) is 4.39 Å². The number of carbonyl (C=O) groups excluding carboxylic acids is 1. The van der Waals surface area contributed by atoms with E-state index in [4.69, 9.17) is 5.73 Å². The van der Waals surface area contributed by atoms with Gasteiger partial charge in [-0.2, -0.15) is 0 Å². The van der Waals surface area contributed by atoms with Crippen LogP contribution < -0.4 is 5.73 Å². The lowest BCUT2D eigenvalue weighted by atomic mass is 9.90. The fourth-order valence-electron chi connectivity index (χ4n) is 3.77. The van der Waals surface area contributed by atoms with Crippen LogP contribution in [-0.4, -0.2) is 34.5 Å². The zero-order chi connectivity index (χ0) is 18.1. The number of rotatable bonds is 3. The van der Waals surface area contributed by atoms with Crippen LogP contribution in [0, 0.1) is 25.6 Å². The maximum atomic E-state index is 13.2. The van der Waals surface area contributed by atoms with Gasteiger partial charge in [-0.15, -0.1) is 0 Å². The zero-order valence-corrected chi connectivity index (χ0v) is 15.1. The molecule has 1 aromatic heterocycles. The van der Waals surface area contributed by atoms with Crippen LogP contribution in [0.25, 0.3) is 5.69 Å². The molecule has 1 amide bonds. The average Bonchev–Trinajstić information content (AvgIpc) is 2.90. The highest BCUT2D eigenvalue weighted by Crippen LogP contribution is 2.25. The summed E-state index contributed by atoms with van der Waals surface area (Å²) in [6.07, 6.45) is 1.92. The van der Waals surface area contributed by atoms with Gasteiger partial charge in [0.15, 0.2) is 0 Å². The molecule has 4 nitrogen and oxygen atoms in total. The number of likely N-dealkylation sites (tertiary alicyclic amines) is 1. The average molecular weight is 343 g/mol. The highest BCUT2D eigenvalue weighted by atomic mass is 19.1. The number of nitrogens with two attached hydrogens (primary N) is 1. The Labute approximate surface area is 148 Å². The van der Waals surface area contributed by atoms with Gasteiger partial charge in [-0.25, -0.2) is 4.39 Å². The topological polar surface area (TPSA) is 51.3 Å². The second-order valence-corrected chi connectivity index (χ2v) is 7.09. The predicted octanol–water partition coefficient (Wildman–Crippen LogP) is 3.43. The predicted molar refractivity (Wildman–Crippen MR) is 97.5 cm³/mol. The van der Waals surface area contributed by atoms with Crippen molar-refractivity contribution in [3.8, 4) is 5.69 Å². The number of benzene rings is 1. The van der Waals surface area contributed by atoms with Crippen LogP contribution in [0.5, 0.6) is 0 Å². The fraction of sp³-hybridized carbons (Fsp3) is 0.450. The van der Waals surface area contributed by atoms with Gasteiger partial charge in [-0.05, 0) is 69.9 Å². The van der Waals surface area contributed by atoms with E-state index in [1.54, 1.807) is 12.1 Å². The highest BCUT2D eigenvalue weighted by molar-refractivity contribution is 5.96. The van der Waals surface area contributed by atoms with Crippen LogP contribution in [-0.2, 0) is 0 Å². The number of halogens is 1. The molecule has 2 aromatic rings. The van der Waals surface area contributed by atoms with Gasteiger partial charge < -0.3 is 15.2 Å². The number of aromatic nitrogens is 1. The lowest BCUT2D eigenvalue weighted by Gasteiger charge is -2.33. The molecule has 1 unspecified atom stereocenters. The Balaban J connectivity index is 1.83. The molecule has 134 valence electrons. The molecule has 1 aliphatic heterocycles. The molecule has 0 spiro atoms. The minimum Gasteiger partial charge on any atom is -0.339 e. The van der Waals surface area contributed by atoms with Gasteiger partial charge in [0.1, 0.15) is 5.82 Å². The van der Waals surface area contributed by atoms with Crippen molar-refractivity contribution >= 4 is 5.91 Å². The molecule has 0 bridgehead atoms. The lowest BCUT2D eigenvalue weighted by Crippen LogP contribution is -2.42. The van der Waals surface area contributed by atoms with Crippen LogP contribution in [0.2, 0.25) is 0 Å². The van der Waals surface area contributed by atoms with Crippen molar-refractivity contribution < 1.29 is 9.18 Å². The van der Waals surface area contributed by atoms with E-state index < -0.39 is 0 Å². The standard InChI is InChI=1S/C20H26FN3O/c1-13-12-19(15(3)24(13)18-6-4-17(21)5-7-18)20(25)23-10-8-16(9-11-23)14(2)22/h4-7,12,14,16H,8-11,22H2,1-3H3. The molecular formula is C20H26FN3O. The molecule has 1 aliphatic rings. The SMILES string of the molecule is Cc1cc(C(=O)N2CCC(C(C)N)CC2)c(C)n1-c1ccc(F)cc1. The van der Waals surface area contributed by atoms with Gasteiger partial charge in [0, 0.05) is 36.2 Å². The summed E-state index contributed by atoms with van der Waals surface area (Å²) in [6.45, 7) is 7.46. The smallest absolute Gasteiger partial charge is 0.255 e. The van der Waals surface area contributed by atoms with E-state index in [-0.39, 0.29) is 17.8 Å². The molecule has 0 saturated carbocycles. The fourth-order valence-corrected chi connectivity index (χ4v) is 3.77. The van der Waals surface area contributed by atoms with Crippen molar-refractivity contribution in [3.63, 3.8) is 0 Å². The van der Waals surface area contributed by atoms with Crippen molar-refractivity contribution in [2.75, 3.05) is 13.1 Å². The van der Waals surface area contributed by atoms with E-state index in [1.807, 2.05) is 36.3 Å². The van der Waals surface area contributed by atoms with E-state index in [1.165, 1.54) is 12.1 Å². The third-order valence-electron chi connectivity index (χ3n) is 5.32. The number of hydrogen-bond acceptors (Lipinski definition) is 2. The maximum absolute atomic E-state index is 13.2. The normalized spacial score (nSPS) is 16.9. The minimum absolute atomic E-state index is 0.0737. The Morgan fingerprint density at radius 2 is 1.80 bits per heavy atom. The molecule has 0 radical (unpaired) electrons. The van der Waals surface area contributed by atoms with Crippen molar-refractivity contribution in [2.24, 2.45) is 11.7 Å². The molecule has 5 heteroatoms. The van der Waals surface area contributed by atoms with Crippen LogP contribution in [0.15, 0.2) is 30.3 Å². The summed E-state index contributed by atoms with van der Waals surface area (Å²) in [5.74, 6) is 0.305. The second-order valence-electron chi connectivity index (χ2n) is 7.09. The van der Waals surface area contributed by atoms with Gasteiger partial charge >= 0.3 is 0 Å². The number of carbonyl (C=O) groups is 1. The van der Waals surface area contributed by atoms with Crippen molar-refractivity contribution in [3.05, 3.63) is 53.1 Å². The first-order valence-corrected chi connectivity index (χ1v) is 8.88. The van der Waals surface area contributed by atoms with Crippen LogP contribution in [0.3, 0.4) is 0 Å². The summed E-state index contributed by atoms with van der Waals surface area (Å²) in [7, 11) is 0. The highest BCUT2D eigenvalue weighted by Gasteiger charge is 2.27. The molecule has 1 fully saturated rings. The van der Waals surface area contributed by atoms with Gasteiger partial charge in [0.2, 0.25) is 0 Å². The number of nitrogens with zero attached hydrogens (tertiary/aromatic N) is 2. The molecule has 1 saturated heterocycles. The monoisotopic (exact) mass is 343 g/mol. The Bertz CT molecular complexity index is 756. The molecular weight excluding hydrogens is 317 g/mol. The third kappa shape index (κ3) is 3.47. The summed E-state index contributed by atoms with van der Waals surface area (Å²) in [5.41, 5.74) is 9.44. The largest absolute Gasteiger partial charge is 0.339 e. The van der Waals surface area contributed by atoms with Crippen molar-refractivity contribution in [2.45, 2.75) is 39.7 Å². The Hall–Kier alpha value is -2.14. The number of amides is 1. The Morgan fingerprint density at radius 1 is 1.20 bits per heavy atom. The molecule has 2 N–H and O–H groups in total. The van der Waals surface area contributed by atoms with Crippen molar-refractivity contribution in [1.82, 2.24) is 9.47 Å². The van der Waals surface area contributed by atoms with E-state index in [9.17, 15) is 9.18 Å². The van der Waals surface area contributed by atoms with Gasteiger partial charge in [0.05, 0.1) is 5.56 Å². The Kier molecular flexibility index (Phi) is 4.95. The number of aryl methyl sites for hydroxylation is 1. The van der Waals surface area contributed by atoms with Crippen molar-refractivity contribution in [1.29, 1.82) is 0 Å². The first-order chi connectivity index (χ1) is 11.9. The second kappa shape index (κ2) is 7.00. The number of hydrogen-bond donors (Lipinski definition) is 1. The van der Waals surface area contributed by atoms with E-state index >= 15 is 0 Å². The minimum atomic E-state index is -0.264. The van der Waals surface area contributed by atoms with Gasteiger partial charge in [0.25, 0.3) is 5.91 Å². The Morgan fingerprint density at radius 3 is 2.36 bits per heavy atom. The third-order valence-corrected chi connectivity index (χ3v) is 5.32. The first-order valence-electron chi connectivity index (χ1n) is 8.88. The summed E-state index contributed by atoms with van der Waals surface area (Å²) in [4.78, 5) is 14.9. The summed E-state index contributed by atoms with van der Waals surface area (Å²) in [5, 5.41) is 0. The summed E-state index contributed by atoms with van der Waals surface area (Å²) >= 11 is 0. The van der Waals surface area contributed by atoms with Crippen LogP contribution >= 0.6 is 0 Å². The lowest BCUT2D eigenvalue weighted by molar-refractivity contribution is 0.0680. The van der Waals surface area contributed by atoms with Crippen LogP contribution in [0.1, 0.15) is 41.5 Å². The van der Waals surface area contributed by atoms with Gasteiger partial charge in [-0.3, -0.25) is 4.79 Å². The summed E-state index contributed by atoms with van der Waals surface area (Å²) in [6, 6.07) is 8.46. The quantitative estimate of drug-likeness (QED) is 0.928. The van der Waals surface area contributed by atoms with E-state index in [2.05, 4.69) is 0 Å². The van der Waals surface area contributed by atoms with Gasteiger partial charge in [-0.1, -0.05) is 0 Å². The van der Waals surface area contributed by atoms with E-state index in [0.717, 1.165) is 48.6 Å². The van der Waals surface area contributed by atoms with E-state index in [0.29, 0.717) is 5.92 Å². The first kappa shape index (κ1) is 17.7. The molecule has 1 atom stereocenters. The summed E-state index contributed by atoms with van der Waals surface area (Å²) < 4.78 is 15.2. The molecule has 1 aromatic carbocycles. The maximum Gasteiger partial charge on any atom is 0.255 e. The number of piperidine rings is 1. The molecule has 25 heavy (non-hydrogen) atoms. The molecule has 0 aliphatic carbocycles. The molecule has 3 rings (SSSR count). The zero-order valence-electron chi connectivity index (χ0n) is 15.1. The molecule has 2 heterocycles.